The lowest BCUT2D eigenvalue weighted by atomic mass is 10.2. The Bertz CT molecular complexity index is 580. The average Bonchev–Trinajstić information content (AvgIpc) is 3.21. The van der Waals surface area contributed by atoms with Gasteiger partial charge in [0.25, 0.3) is 0 Å². The van der Waals surface area contributed by atoms with E-state index in [-0.39, 0.29) is 18.7 Å². The number of carboxylic acids is 1. The van der Waals surface area contributed by atoms with Crippen LogP contribution in [0.3, 0.4) is 0 Å². The van der Waals surface area contributed by atoms with Crippen molar-refractivity contribution in [3.63, 3.8) is 0 Å². The molecule has 2 rings (SSSR count). The molecule has 2 saturated heterocycles. The van der Waals surface area contributed by atoms with Crippen LogP contribution in [0.15, 0.2) is 0 Å². The first kappa shape index (κ1) is 25.0. The average molecular weight is 417 g/mol. The van der Waals surface area contributed by atoms with Gasteiger partial charge in [-0.25, -0.2) is 14.4 Å². The van der Waals surface area contributed by atoms with E-state index in [2.05, 4.69) is 0 Å². The van der Waals surface area contributed by atoms with Gasteiger partial charge in [-0.2, -0.15) is 0 Å². The third kappa shape index (κ3) is 8.47. The van der Waals surface area contributed by atoms with Crippen molar-refractivity contribution in [1.82, 2.24) is 9.80 Å². The molecule has 0 unspecified atom stereocenters. The van der Waals surface area contributed by atoms with Crippen LogP contribution in [0.5, 0.6) is 0 Å². The summed E-state index contributed by atoms with van der Waals surface area (Å²) in [5.41, 5.74) is -1.04. The molecule has 0 spiro atoms. The van der Waals surface area contributed by atoms with Crippen molar-refractivity contribution in [2.75, 3.05) is 19.7 Å². The quantitative estimate of drug-likeness (QED) is 0.711. The van der Waals surface area contributed by atoms with E-state index in [9.17, 15) is 14.4 Å². The minimum absolute atomic E-state index is 0.0270. The van der Waals surface area contributed by atoms with E-state index in [4.69, 9.17) is 19.7 Å². The lowest BCUT2D eigenvalue weighted by molar-refractivity contribution is -0.142. The molecule has 9 heteroatoms. The summed E-state index contributed by atoms with van der Waals surface area (Å²) >= 11 is 0. The summed E-state index contributed by atoms with van der Waals surface area (Å²) < 4.78 is 10.4. The van der Waals surface area contributed by atoms with Gasteiger partial charge in [-0.1, -0.05) is 0 Å². The first-order valence-corrected chi connectivity index (χ1v) is 10.1. The predicted octanol–water partition coefficient (Wildman–Crippen LogP) is 2.85. The number of aliphatic hydroxyl groups is 1. The molecular formula is C20H36N2O7. The summed E-state index contributed by atoms with van der Waals surface area (Å²) in [5, 5.41) is 17.9. The van der Waals surface area contributed by atoms with Gasteiger partial charge in [0.1, 0.15) is 17.2 Å². The molecule has 0 aliphatic carbocycles. The van der Waals surface area contributed by atoms with Crippen LogP contribution >= 0.6 is 0 Å². The Morgan fingerprint density at radius 1 is 0.862 bits per heavy atom. The van der Waals surface area contributed by atoms with Crippen LogP contribution < -0.4 is 0 Å². The third-order valence-electron chi connectivity index (χ3n) is 4.38. The summed E-state index contributed by atoms with van der Waals surface area (Å²) in [6.45, 7) is 12.0. The van der Waals surface area contributed by atoms with Gasteiger partial charge < -0.3 is 24.6 Å². The monoisotopic (exact) mass is 416 g/mol. The van der Waals surface area contributed by atoms with Crippen LogP contribution in [0, 0.1) is 0 Å². The highest BCUT2D eigenvalue weighted by atomic mass is 16.6. The third-order valence-corrected chi connectivity index (χ3v) is 4.38. The second kappa shape index (κ2) is 10.1. The zero-order valence-corrected chi connectivity index (χ0v) is 18.4. The molecule has 0 aromatic carbocycles. The number of carboxylic acid groups (broad SMARTS) is 1. The van der Waals surface area contributed by atoms with Gasteiger partial charge in [-0.3, -0.25) is 4.90 Å². The summed E-state index contributed by atoms with van der Waals surface area (Å²) in [4.78, 5) is 37.0. The molecule has 0 aromatic rings. The van der Waals surface area contributed by atoms with Crippen LogP contribution in [-0.2, 0) is 14.3 Å². The fourth-order valence-corrected chi connectivity index (χ4v) is 3.15. The number of amides is 2. The fourth-order valence-electron chi connectivity index (χ4n) is 3.15. The van der Waals surface area contributed by atoms with Gasteiger partial charge in [0.2, 0.25) is 0 Å². The maximum Gasteiger partial charge on any atom is 0.411 e. The first-order chi connectivity index (χ1) is 13.2. The number of aliphatic carboxylic acids is 1. The van der Waals surface area contributed by atoms with Crippen LogP contribution in [0.2, 0.25) is 0 Å². The Hall–Kier alpha value is -2.03. The number of hydrogen-bond donors (Lipinski definition) is 2. The highest BCUT2D eigenvalue weighted by molar-refractivity contribution is 5.80. The molecule has 0 bridgehead atoms. The molecule has 2 atom stereocenters. The van der Waals surface area contributed by atoms with E-state index in [0.717, 1.165) is 19.3 Å². The van der Waals surface area contributed by atoms with Gasteiger partial charge >= 0.3 is 18.2 Å². The normalized spacial score (nSPS) is 22.0. The van der Waals surface area contributed by atoms with Crippen molar-refractivity contribution in [3.8, 4) is 0 Å². The molecule has 2 aliphatic heterocycles. The minimum atomic E-state index is -0.960. The van der Waals surface area contributed by atoms with Gasteiger partial charge in [0.15, 0.2) is 0 Å². The molecule has 2 amide bonds. The summed E-state index contributed by atoms with van der Waals surface area (Å²) in [7, 11) is 0. The highest BCUT2D eigenvalue weighted by Gasteiger charge is 2.36. The maximum absolute atomic E-state index is 11.6. The summed E-state index contributed by atoms with van der Waals surface area (Å²) in [6.07, 6.45) is 2.20. The number of ether oxygens (including phenoxy) is 2. The Balaban J connectivity index is 0.000000291. The van der Waals surface area contributed by atoms with E-state index in [0.29, 0.717) is 19.5 Å². The Kier molecular flexibility index (Phi) is 8.74. The SMILES string of the molecule is CC(C)(C)OC(=O)N1CCC[C@H]1C(=O)O.CC(C)(C)OC(=O)N1CCC[C@H]1CO. The van der Waals surface area contributed by atoms with Crippen LogP contribution in [0.1, 0.15) is 67.2 Å². The number of likely N-dealkylation sites (tertiary alicyclic amines) is 2. The topological polar surface area (TPSA) is 117 Å². The van der Waals surface area contributed by atoms with E-state index < -0.39 is 29.3 Å². The molecule has 2 fully saturated rings. The van der Waals surface area contributed by atoms with Crippen molar-refractivity contribution < 1.29 is 34.1 Å². The molecule has 0 aromatic heterocycles. The lowest BCUT2D eigenvalue weighted by Crippen LogP contribution is -2.43. The van der Waals surface area contributed by atoms with E-state index in [1.807, 2.05) is 20.8 Å². The van der Waals surface area contributed by atoms with Gasteiger partial charge in [0.05, 0.1) is 12.6 Å². The van der Waals surface area contributed by atoms with Gasteiger partial charge in [-0.05, 0) is 67.2 Å². The van der Waals surface area contributed by atoms with Crippen molar-refractivity contribution in [3.05, 3.63) is 0 Å². The second-order valence-corrected chi connectivity index (χ2v) is 9.32. The zero-order chi connectivity index (χ0) is 22.4. The van der Waals surface area contributed by atoms with Crippen LogP contribution in [0.25, 0.3) is 0 Å². The number of aliphatic hydroxyl groups excluding tert-OH is 1. The molecule has 0 radical (unpaired) electrons. The van der Waals surface area contributed by atoms with Crippen LogP contribution in [-0.4, -0.2) is 81.2 Å². The van der Waals surface area contributed by atoms with E-state index >= 15 is 0 Å². The Labute approximate surface area is 172 Å². The van der Waals surface area contributed by atoms with Crippen molar-refractivity contribution >= 4 is 18.2 Å². The molecule has 168 valence electrons. The molecule has 0 saturated carbocycles. The molecule has 2 N–H and O–H groups in total. The number of hydrogen-bond acceptors (Lipinski definition) is 6. The van der Waals surface area contributed by atoms with E-state index in [1.165, 1.54) is 4.90 Å². The Morgan fingerprint density at radius 3 is 1.76 bits per heavy atom. The summed E-state index contributed by atoms with van der Waals surface area (Å²) in [5.74, 6) is -0.960. The highest BCUT2D eigenvalue weighted by Crippen LogP contribution is 2.21. The van der Waals surface area contributed by atoms with Crippen LogP contribution in [0.4, 0.5) is 9.59 Å². The predicted molar refractivity (Wildman–Crippen MR) is 107 cm³/mol. The van der Waals surface area contributed by atoms with Crippen molar-refractivity contribution in [2.24, 2.45) is 0 Å². The fraction of sp³-hybridized carbons (Fsp3) is 0.850. The molecule has 29 heavy (non-hydrogen) atoms. The standard InChI is InChI=1S/C10H17NO4.C10H19NO3/c1-10(2,3)15-9(14)11-6-4-5-7(11)8(12)13;1-10(2,3)14-9(13)11-6-4-5-8(11)7-12/h7H,4-6H2,1-3H3,(H,12,13);8,12H,4-7H2,1-3H3/t7-;8-/m00/s1. The maximum atomic E-state index is 11.6. The second-order valence-electron chi connectivity index (χ2n) is 9.32. The largest absolute Gasteiger partial charge is 0.480 e. The minimum Gasteiger partial charge on any atom is -0.480 e. The number of rotatable bonds is 2. The van der Waals surface area contributed by atoms with Gasteiger partial charge in [0, 0.05) is 13.1 Å². The molecule has 2 aliphatic rings. The first-order valence-electron chi connectivity index (χ1n) is 10.1. The van der Waals surface area contributed by atoms with Gasteiger partial charge in [-0.15, -0.1) is 0 Å². The van der Waals surface area contributed by atoms with Crippen molar-refractivity contribution in [1.29, 1.82) is 0 Å². The Morgan fingerprint density at radius 2 is 1.31 bits per heavy atom. The summed E-state index contributed by atoms with van der Waals surface area (Å²) in [6, 6.07) is -0.773. The van der Waals surface area contributed by atoms with E-state index in [1.54, 1.807) is 25.7 Å². The number of carbonyl (C=O) groups excluding carboxylic acids is 2. The lowest BCUT2D eigenvalue weighted by Gasteiger charge is -2.27. The molecular weight excluding hydrogens is 380 g/mol. The van der Waals surface area contributed by atoms with Crippen molar-refractivity contribution in [2.45, 2.75) is 90.5 Å². The number of nitrogens with zero attached hydrogens (tertiary/aromatic N) is 2. The zero-order valence-electron chi connectivity index (χ0n) is 18.4. The smallest absolute Gasteiger partial charge is 0.411 e. The number of carbonyl (C=O) groups is 3. The molecule has 2 heterocycles. The molecule has 9 nitrogen and oxygen atoms in total.